The lowest BCUT2D eigenvalue weighted by molar-refractivity contribution is -0.137. The minimum Gasteiger partial charge on any atom is -0.308 e. The van der Waals surface area contributed by atoms with Gasteiger partial charge in [0.2, 0.25) is 0 Å². The molecule has 0 bridgehead atoms. The van der Waals surface area contributed by atoms with Crippen molar-refractivity contribution < 1.29 is 13.2 Å². The van der Waals surface area contributed by atoms with Crippen molar-refractivity contribution in [1.29, 1.82) is 0 Å². The molecule has 0 amide bonds. The summed E-state index contributed by atoms with van der Waals surface area (Å²) in [5, 5.41) is 0. The van der Waals surface area contributed by atoms with Crippen molar-refractivity contribution in [3.05, 3.63) is 35.4 Å². The zero-order chi connectivity index (χ0) is 14.0. The fourth-order valence-electron chi connectivity index (χ4n) is 1.36. The molecule has 1 aromatic carbocycles. The summed E-state index contributed by atoms with van der Waals surface area (Å²) >= 11 is 0. The Balaban J connectivity index is 3.20. The fraction of sp³-hybridized carbons (Fsp3) is 0.417. The van der Waals surface area contributed by atoms with Crippen molar-refractivity contribution in [2.45, 2.75) is 32.5 Å². The first-order valence-corrected chi connectivity index (χ1v) is 5.37. The molecule has 1 aromatic rings. The van der Waals surface area contributed by atoms with E-state index in [1.807, 2.05) is 20.8 Å². The number of hydrogen-bond donors (Lipinski definition) is 2. The second-order valence-corrected chi connectivity index (χ2v) is 4.85. The number of alkyl halides is 3. The summed E-state index contributed by atoms with van der Waals surface area (Å²) in [4.78, 5) is 4.23. The van der Waals surface area contributed by atoms with Gasteiger partial charge < -0.3 is 5.43 Å². The number of halogens is 3. The molecular formula is C12H16F3N3. The minimum atomic E-state index is -4.38. The van der Waals surface area contributed by atoms with E-state index in [4.69, 9.17) is 5.84 Å². The number of amidine groups is 1. The van der Waals surface area contributed by atoms with Gasteiger partial charge in [0.05, 0.1) is 11.1 Å². The van der Waals surface area contributed by atoms with Crippen molar-refractivity contribution >= 4 is 5.84 Å². The second kappa shape index (κ2) is 4.97. The number of nitrogens with two attached hydrogens (primary N) is 1. The molecule has 3 nitrogen and oxygen atoms in total. The van der Waals surface area contributed by atoms with Crippen molar-refractivity contribution in [3.63, 3.8) is 0 Å². The van der Waals surface area contributed by atoms with Crippen LogP contribution in [-0.4, -0.2) is 11.4 Å². The summed E-state index contributed by atoms with van der Waals surface area (Å²) in [6.45, 7) is 5.49. The van der Waals surface area contributed by atoms with Gasteiger partial charge in [0.25, 0.3) is 0 Å². The van der Waals surface area contributed by atoms with Gasteiger partial charge in [-0.05, 0) is 32.9 Å². The van der Waals surface area contributed by atoms with Gasteiger partial charge in [0.1, 0.15) is 5.84 Å². The van der Waals surface area contributed by atoms with E-state index in [1.165, 1.54) is 12.1 Å². The maximum absolute atomic E-state index is 12.6. The van der Waals surface area contributed by atoms with Gasteiger partial charge in [0.15, 0.2) is 0 Å². The molecule has 0 aromatic heterocycles. The summed E-state index contributed by atoms with van der Waals surface area (Å²) in [5.41, 5.74) is 1.48. The lowest BCUT2D eigenvalue weighted by Crippen LogP contribution is -2.33. The number of rotatable bonds is 1. The van der Waals surface area contributed by atoms with Gasteiger partial charge in [-0.3, -0.25) is 4.99 Å². The third kappa shape index (κ3) is 4.03. The monoisotopic (exact) mass is 259 g/mol. The van der Waals surface area contributed by atoms with Crippen molar-refractivity contribution in [2.75, 3.05) is 0 Å². The summed E-state index contributed by atoms with van der Waals surface area (Å²) in [5.74, 6) is 5.54. The van der Waals surface area contributed by atoms with Crippen LogP contribution < -0.4 is 11.3 Å². The first-order chi connectivity index (χ1) is 8.13. The molecule has 3 N–H and O–H groups in total. The molecule has 0 heterocycles. The lowest BCUT2D eigenvalue weighted by Gasteiger charge is -2.16. The summed E-state index contributed by atoms with van der Waals surface area (Å²) in [6.07, 6.45) is -4.38. The Kier molecular flexibility index (Phi) is 4.01. The van der Waals surface area contributed by atoms with Crippen LogP contribution in [0.2, 0.25) is 0 Å². The number of hydrazine groups is 1. The summed E-state index contributed by atoms with van der Waals surface area (Å²) in [6, 6.07) is 4.88. The highest BCUT2D eigenvalue weighted by atomic mass is 19.4. The predicted molar refractivity (Wildman–Crippen MR) is 65.1 cm³/mol. The fourth-order valence-corrected chi connectivity index (χ4v) is 1.36. The molecule has 0 saturated carbocycles. The molecule has 100 valence electrons. The second-order valence-electron chi connectivity index (χ2n) is 4.85. The molecule has 18 heavy (non-hydrogen) atoms. The third-order valence-corrected chi connectivity index (χ3v) is 2.05. The zero-order valence-electron chi connectivity index (χ0n) is 10.5. The van der Waals surface area contributed by atoms with Crippen molar-refractivity contribution in [3.8, 4) is 0 Å². The number of benzene rings is 1. The van der Waals surface area contributed by atoms with Crippen LogP contribution in [0.3, 0.4) is 0 Å². The highest BCUT2D eigenvalue weighted by molar-refractivity contribution is 5.98. The number of nitrogens with one attached hydrogen (secondary N) is 1. The highest BCUT2D eigenvalue weighted by Crippen LogP contribution is 2.29. The third-order valence-electron chi connectivity index (χ3n) is 2.05. The Morgan fingerprint density at radius 2 is 1.83 bits per heavy atom. The van der Waals surface area contributed by atoms with E-state index in [2.05, 4.69) is 10.4 Å². The van der Waals surface area contributed by atoms with E-state index in [0.717, 1.165) is 12.1 Å². The van der Waals surface area contributed by atoms with E-state index in [-0.39, 0.29) is 5.84 Å². The molecular weight excluding hydrogens is 243 g/mol. The van der Waals surface area contributed by atoms with Crippen LogP contribution in [0.5, 0.6) is 0 Å². The van der Waals surface area contributed by atoms with E-state index < -0.39 is 17.3 Å². The number of nitrogens with zero attached hydrogens (tertiary/aromatic N) is 1. The normalized spacial score (nSPS) is 13.6. The van der Waals surface area contributed by atoms with Gasteiger partial charge in [-0.15, -0.1) is 0 Å². The first kappa shape index (κ1) is 14.5. The van der Waals surface area contributed by atoms with Gasteiger partial charge in [0, 0.05) is 5.56 Å². The summed E-state index contributed by atoms with van der Waals surface area (Å²) < 4.78 is 37.7. The molecule has 0 atom stereocenters. The van der Waals surface area contributed by atoms with Crippen LogP contribution in [0.1, 0.15) is 31.9 Å². The van der Waals surface area contributed by atoms with Crippen LogP contribution in [0, 0.1) is 0 Å². The highest BCUT2D eigenvalue weighted by Gasteiger charge is 2.30. The average Bonchev–Trinajstić information content (AvgIpc) is 2.23. The maximum atomic E-state index is 12.6. The largest absolute Gasteiger partial charge is 0.416 e. The van der Waals surface area contributed by atoms with Gasteiger partial charge in [-0.1, -0.05) is 12.1 Å². The van der Waals surface area contributed by atoms with Crippen LogP contribution in [0.4, 0.5) is 13.2 Å². The molecule has 0 aliphatic rings. The Bertz CT molecular complexity index is 445. The van der Waals surface area contributed by atoms with Gasteiger partial charge in [-0.2, -0.15) is 13.2 Å². The Labute approximate surface area is 104 Å². The molecule has 0 unspecified atom stereocenters. The average molecular weight is 259 g/mol. The lowest BCUT2D eigenvalue weighted by atomic mass is 10.1. The smallest absolute Gasteiger partial charge is 0.308 e. The SMILES string of the molecule is CC(C)(C)N=C(NN)c1cccc(C(F)(F)F)c1. The topological polar surface area (TPSA) is 50.4 Å². The molecule has 0 saturated heterocycles. The Hall–Kier alpha value is -1.56. The molecule has 1 rings (SSSR count). The predicted octanol–water partition coefficient (Wildman–Crippen LogP) is 2.71. The first-order valence-electron chi connectivity index (χ1n) is 5.37. The van der Waals surface area contributed by atoms with E-state index in [9.17, 15) is 13.2 Å². The van der Waals surface area contributed by atoms with Gasteiger partial charge in [-0.25, -0.2) is 5.84 Å². The van der Waals surface area contributed by atoms with Crippen LogP contribution in [0.25, 0.3) is 0 Å². The molecule has 6 heteroatoms. The molecule has 0 radical (unpaired) electrons. The van der Waals surface area contributed by atoms with Crippen LogP contribution in [-0.2, 0) is 6.18 Å². The van der Waals surface area contributed by atoms with Crippen molar-refractivity contribution in [1.82, 2.24) is 5.43 Å². The van der Waals surface area contributed by atoms with Crippen LogP contribution >= 0.6 is 0 Å². The van der Waals surface area contributed by atoms with Gasteiger partial charge >= 0.3 is 6.18 Å². The molecule has 0 spiro atoms. The van der Waals surface area contributed by atoms with Crippen LogP contribution in [0.15, 0.2) is 29.3 Å². The number of hydrogen-bond acceptors (Lipinski definition) is 2. The summed E-state index contributed by atoms with van der Waals surface area (Å²) in [7, 11) is 0. The minimum absolute atomic E-state index is 0.230. The van der Waals surface area contributed by atoms with E-state index >= 15 is 0 Å². The van der Waals surface area contributed by atoms with E-state index in [0.29, 0.717) is 5.56 Å². The molecule has 0 aliphatic heterocycles. The van der Waals surface area contributed by atoms with E-state index in [1.54, 1.807) is 0 Å². The standard InChI is InChI=1S/C12H16F3N3/c1-11(2,3)17-10(18-16)8-5-4-6-9(7-8)12(13,14)15/h4-7H,16H2,1-3H3,(H,17,18). The number of aliphatic imine (C=N–C) groups is 1. The zero-order valence-corrected chi connectivity index (χ0v) is 10.5. The quantitative estimate of drug-likeness (QED) is 0.352. The Morgan fingerprint density at radius 1 is 1.22 bits per heavy atom. The maximum Gasteiger partial charge on any atom is 0.416 e. The molecule has 0 aliphatic carbocycles. The molecule has 0 fully saturated rings. The Morgan fingerprint density at radius 3 is 2.28 bits per heavy atom. The van der Waals surface area contributed by atoms with Crippen molar-refractivity contribution in [2.24, 2.45) is 10.8 Å².